The lowest BCUT2D eigenvalue weighted by Crippen LogP contribution is -2.29. The van der Waals surface area contributed by atoms with Crippen molar-refractivity contribution in [3.05, 3.63) is 53.1 Å². The maximum atomic E-state index is 12.0. The van der Waals surface area contributed by atoms with E-state index in [1.165, 1.54) is 12.1 Å². The zero-order chi connectivity index (χ0) is 21.4. The Morgan fingerprint density at radius 2 is 1.93 bits per heavy atom. The molecule has 1 amide bonds. The summed E-state index contributed by atoms with van der Waals surface area (Å²) in [6.45, 7) is 3.01. The van der Waals surface area contributed by atoms with E-state index in [9.17, 15) is 26.7 Å². The van der Waals surface area contributed by atoms with Gasteiger partial charge in [-0.3, -0.25) is 9.52 Å². The van der Waals surface area contributed by atoms with Crippen LogP contribution in [0.1, 0.15) is 23.6 Å². The van der Waals surface area contributed by atoms with Crippen LogP contribution in [0.2, 0.25) is 0 Å². The Labute approximate surface area is 169 Å². The number of anilines is 2. The van der Waals surface area contributed by atoms with Gasteiger partial charge in [-0.2, -0.15) is 8.42 Å². The molecule has 1 fully saturated rings. The van der Waals surface area contributed by atoms with Crippen LogP contribution in [0, 0.1) is 6.92 Å². The van der Waals surface area contributed by atoms with Crippen LogP contribution < -0.4 is 13.7 Å². The number of amides is 1. The summed E-state index contributed by atoms with van der Waals surface area (Å²) in [4.78, 5) is 11.4. The summed E-state index contributed by atoms with van der Waals surface area (Å²) in [5.74, 6) is -1.04. The van der Waals surface area contributed by atoms with Crippen LogP contribution in [0.15, 0.2) is 36.4 Å². The Hall–Kier alpha value is -2.79. The number of aromatic hydroxyl groups is 1. The number of sulfonamides is 1. The summed E-state index contributed by atoms with van der Waals surface area (Å²) in [7, 11) is -7.48. The van der Waals surface area contributed by atoms with E-state index in [4.69, 9.17) is 0 Å². The fourth-order valence-electron chi connectivity index (χ4n) is 2.98. The maximum Gasteiger partial charge on any atom is 0.326 e. The molecule has 9 nitrogen and oxygen atoms in total. The molecule has 1 saturated heterocycles. The summed E-state index contributed by atoms with van der Waals surface area (Å²) < 4.78 is 53.0. The van der Waals surface area contributed by atoms with E-state index in [1.54, 1.807) is 25.1 Å². The fraction of sp³-hybridized carbons (Fsp3) is 0.278. The highest BCUT2D eigenvalue weighted by molar-refractivity contribution is 7.92. The van der Waals surface area contributed by atoms with Gasteiger partial charge >= 0.3 is 10.2 Å². The van der Waals surface area contributed by atoms with Gasteiger partial charge in [0.05, 0.1) is 17.1 Å². The summed E-state index contributed by atoms with van der Waals surface area (Å²) in [6, 6.07) is 9.74. The van der Waals surface area contributed by atoms with E-state index in [-0.39, 0.29) is 17.2 Å². The smallest absolute Gasteiger partial charge is 0.326 e. The minimum Gasteiger partial charge on any atom is -0.506 e. The summed E-state index contributed by atoms with van der Waals surface area (Å²) >= 11 is 0. The first-order chi connectivity index (χ1) is 13.5. The molecule has 3 N–H and O–H groups in total. The second kappa shape index (κ2) is 7.56. The van der Waals surface area contributed by atoms with Gasteiger partial charge in [0, 0.05) is 0 Å². The number of carbonyl (C=O) groups is 1. The number of phenols is 1. The maximum absolute atomic E-state index is 12.0. The number of carbonyl (C=O) groups excluding carboxylic acids is 1. The third-order valence-corrected chi connectivity index (χ3v) is 7.11. The number of aryl methyl sites for hydroxylation is 1. The first-order valence-corrected chi connectivity index (χ1v) is 11.8. The number of nitrogens with one attached hydrogen (secondary N) is 2. The van der Waals surface area contributed by atoms with Crippen molar-refractivity contribution < 1.29 is 26.7 Å². The molecule has 156 valence electrons. The Balaban J connectivity index is 1.91. The highest BCUT2D eigenvalue weighted by Gasteiger charge is 2.35. The molecule has 1 aliphatic rings. The predicted molar refractivity (Wildman–Crippen MR) is 110 cm³/mol. The van der Waals surface area contributed by atoms with E-state index < -0.39 is 32.7 Å². The van der Waals surface area contributed by atoms with E-state index in [1.807, 2.05) is 17.7 Å². The molecule has 0 saturated carbocycles. The lowest BCUT2D eigenvalue weighted by molar-refractivity contribution is -0.117. The van der Waals surface area contributed by atoms with Crippen molar-refractivity contribution in [2.45, 2.75) is 20.3 Å². The average Bonchev–Trinajstić information content (AvgIpc) is 2.89. The van der Waals surface area contributed by atoms with E-state index in [0.29, 0.717) is 23.2 Å². The van der Waals surface area contributed by atoms with E-state index in [0.717, 1.165) is 9.87 Å². The number of hydrogen-bond acceptors (Lipinski definition) is 6. The van der Waals surface area contributed by atoms with Crippen LogP contribution in [0.4, 0.5) is 11.4 Å². The molecule has 0 unspecified atom stereocenters. The molecular formula is C18H21N3O6S2. The zero-order valence-electron chi connectivity index (χ0n) is 15.8. The van der Waals surface area contributed by atoms with Gasteiger partial charge in [-0.1, -0.05) is 23.8 Å². The molecule has 2 aromatic rings. The molecule has 0 spiro atoms. The monoisotopic (exact) mass is 439 g/mol. The Kier molecular flexibility index (Phi) is 5.46. The number of phenolic OH excluding ortho intramolecular Hbond substituents is 1. The van der Waals surface area contributed by atoms with Crippen molar-refractivity contribution in [2.24, 2.45) is 0 Å². The number of benzene rings is 2. The van der Waals surface area contributed by atoms with E-state index in [2.05, 4.69) is 4.72 Å². The summed E-state index contributed by atoms with van der Waals surface area (Å²) in [6.07, 6.45) is 0.307. The first-order valence-electron chi connectivity index (χ1n) is 8.76. The number of hydrogen-bond donors (Lipinski definition) is 3. The Bertz CT molecular complexity index is 1180. The molecule has 0 radical (unpaired) electrons. The molecule has 0 atom stereocenters. The minimum absolute atomic E-state index is 0.0109. The van der Waals surface area contributed by atoms with Crippen LogP contribution in [0.25, 0.3) is 0 Å². The highest BCUT2D eigenvalue weighted by atomic mass is 32.2. The highest BCUT2D eigenvalue weighted by Crippen LogP contribution is 2.32. The predicted octanol–water partition coefficient (Wildman–Crippen LogP) is 1.23. The van der Waals surface area contributed by atoms with Gasteiger partial charge in [0.15, 0.2) is 0 Å². The largest absolute Gasteiger partial charge is 0.506 e. The number of nitrogens with zero attached hydrogens (tertiary/aromatic N) is 1. The zero-order valence-corrected chi connectivity index (χ0v) is 17.5. The first kappa shape index (κ1) is 20.9. The lowest BCUT2D eigenvalue weighted by atomic mass is 10.0. The summed E-state index contributed by atoms with van der Waals surface area (Å²) in [5, 5.41) is 10.3. The third-order valence-electron chi connectivity index (χ3n) is 4.43. The van der Waals surface area contributed by atoms with Gasteiger partial charge in [-0.15, -0.1) is 0 Å². The minimum atomic E-state index is -4.02. The van der Waals surface area contributed by atoms with Crippen molar-refractivity contribution in [2.75, 3.05) is 21.3 Å². The standard InChI is InChI=1S/C18H21N3O6S2/c1-3-28(24,25)19-15-6-4-12(2)8-14(15)9-13-5-7-16(17(22)10-13)21-11-18(23)20-29(21,26)27/h4-8,10,19,22H,3,9,11H2,1-2H3,(H,20,23). The van der Waals surface area contributed by atoms with Gasteiger partial charge in [0.1, 0.15) is 12.3 Å². The van der Waals surface area contributed by atoms with Gasteiger partial charge < -0.3 is 5.11 Å². The van der Waals surface area contributed by atoms with Crippen molar-refractivity contribution in [3.8, 4) is 5.75 Å². The molecule has 0 bridgehead atoms. The van der Waals surface area contributed by atoms with E-state index >= 15 is 0 Å². The van der Waals surface area contributed by atoms with Crippen molar-refractivity contribution in [1.29, 1.82) is 0 Å². The van der Waals surface area contributed by atoms with Crippen LogP contribution in [0.3, 0.4) is 0 Å². The molecule has 11 heteroatoms. The second-order valence-corrected chi connectivity index (χ2v) is 10.3. The second-order valence-electron chi connectivity index (χ2n) is 6.70. The quantitative estimate of drug-likeness (QED) is 0.620. The van der Waals surface area contributed by atoms with Crippen molar-refractivity contribution in [1.82, 2.24) is 4.72 Å². The van der Waals surface area contributed by atoms with Crippen molar-refractivity contribution >= 4 is 37.5 Å². The fourth-order valence-corrected chi connectivity index (χ4v) is 4.82. The molecular weight excluding hydrogens is 418 g/mol. The molecule has 29 heavy (non-hydrogen) atoms. The van der Waals surface area contributed by atoms with Crippen molar-refractivity contribution in [3.63, 3.8) is 0 Å². The molecule has 3 rings (SSSR count). The molecule has 0 aliphatic carbocycles. The van der Waals surface area contributed by atoms with Crippen LogP contribution >= 0.6 is 0 Å². The van der Waals surface area contributed by atoms with Gasteiger partial charge in [0.25, 0.3) is 5.91 Å². The van der Waals surface area contributed by atoms with Gasteiger partial charge in [-0.25, -0.2) is 17.4 Å². The van der Waals surface area contributed by atoms with Gasteiger partial charge in [-0.05, 0) is 49.6 Å². The SMILES string of the molecule is CCS(=O)(=O)Nc1ccc(C)cc1Cc1ccc(N2CC(=O)NS2(=O)=O)c(O)c1. The summed E-state index contributed by atoms with van der Waals surface area (Å²) in [5.41, 5.74) is 2.72. The van der Waals surface area contributed by atoms with Gasteiger partial charge in [0.2, 0.25) is 10.0 Å². The Morgan fingerprint density at radius 1 is 1.21 bits per heavy atom. The normalized spacial score (nSPS) is 15.9. The van der Waals surface area contributed by atoms with Crippen LogP contribution in [-0.4, -0.2) is 40.1 Å². The molecule has 1 aliphatic heterocycles. The Morgan fingerprint density at radius 3 is 2.52 bits per heavy atom. The third kappa shape index (κ3) is 4.62. The average molecular weight is 440 g/mol. The molecule has 1 heterocycles. The lowest BCUT2D eigenvalue weighted by Gasteiger charge is -2.17. The van der Waals surface area contributed by atoms with Crippen LogP contribution in [0.5, 0.6) is 5.75 Å². The molecule has 2 aromatic carbocycles. The van der Waals surface area contributed by atoms with Crippen LogP contribution in [-0.2, 0) is 31.4 Å². The molecule has 0 aromatic heterocycles. The topological polar surface area (TPSA) is 133 Å². The number of rotatable bonds is 6.